The molecule has 0 bridgehead atoms. The molecule has 2 heterocycles. The summed E-state index contributed by atoms with van der Waals surface area (Å²) in [7, 11) is 0. The zero-order valence-corrected chi connectivity index (χ0v) is 12.4. The van der Waals surface area contributed by atoms with E-state index in [2.05, 4.69) is 5.32 Å². The van der Waals surface area contributed by atoms with Gasteiger partial charge in [0.1, 0.15) is 17.6 Å². The van der Waals surface area contributed by atoms with Crippen molar-refractivity contribution in [2.75, 3.05) is 13.2 Å². The van der Waals surface area contributed by atoms with E-state index in [0.29, 0.717) is 19.4 Å². The van der Waals surface area contributed by atoms with Gasteiger partial charge in [-0.2, -0.15) is 0 Å². The number of ether oxygens (including phenoxy) is 1. The standard InChI is InChI=1S/C16H18N2O4/c1-16(12-4-5-13-11(10-12)6-9-22-13)14(20)18(15(21)17-16)7-2-3-8-19/h4-5,8,10H,2-3,6-7,9H2,1H3,(H,17,21). The number of carbonyl (C=O) groups excluding carboxylic acids is 3. The molecule has 6 heteroatoms. The summed E-state index contributed by atoms with van der Waals surface area (Å²) in [4.78, 5) is 36.3. The number of nitrogens with one attached hydrogen (secondary N) is 1. The Morgan fingerprint density at radius 3 is 3.00 bits per heavy atom. The van der Waals surface area contributed by atoms with Crippen molar-refractivity contribution in [3.63, 3.8) is 0 Å². The van der Waals surface area contributed by atoms with Gasteiger partial charge in [0.15, 0.2) is 0 Å². The Morgan fingerprint density at radius 2 is 2.23 bits per heavy atom. The van der Waals surface area contributed by atoms with Crippen LogP contribution in [0.4, 0.5) is 4.79 Å². The Labute approximate surface area is 128 Å². The number of amides is 3. The first kappa shape index (κ1) is 14.6. The van der Waals surface area contributed by atoms with Gasteiger partial charge in [-0.25, -0.2) is 4.79 Å². The lowest BCUT2D eigenvalue weighted by molar-refractivity contribution is -0.131. The van der Waals surface area contributed by atoms with Crippen molar-refractivity contribution >= 4 is 18.2 Å². The number of nitrogens with zero attached hydrogens (tertiary/aromatic N) is 1. The lowest BCUT2D eigenvalue weighted by Crippen LogP contribution is -2.41. The van der Waals surface area contributed by atoms with Crippen molar-refractivity contribution in [2.24, 2.45) is 0 Å². The van der Waals surface area contributed by atoms with Crippen molar-refractivity contribution in [1.29, 1.82) is 0 Å². The van der Waals surface area contributed by atoms with Gasteiger partial charge in [-0.05, 0) is 36.6 Å². The second-order valence-corrected chi connectivity index (χ2v) is 5.74. The zero-order chi connectivity index (χ0) is 15.7. The van der Waals surface area contributed by atoms with E-state index in [0.717, 1.165) is 29.6 Å². The fraction of sp³-hybridized carbons (Fsp3) is 0.438. The minimum absolute atomic E-state index is 0.257. The Morgan fingerprint density at radius 1 is 1.41 bits per heavy atom. The number of imide groups is 1. The Bertz CT molecular complexity index is 643. The van der Waals surface area contributed by atoms with Crippen molar-refractivity contribution in [2.45, 2.75) is 31.7 Å². The van der Waals surface area contributed by atoms with Crippen LogP contribution in [0.2, 0.25) is 0 Å². The predicted octanol–water partition coefficient (Wildman–Crippen LogP) is 1.37. The van der Waals surface area contributed by atoms with Gasteiger partial charge < -0.3 is 14.8 Å². The molecule has 116 valence electrons. The number of hydrogen-bond donors (Lipinski definition) is 1. The van der Waals surface area contributed by atoms with E-state index < -0.39 is 11.6 Å². The average molecular weight is 302 g/mol. The molecule has 22 heavy (non-hydrogen) atoms. The zero-order valence-electron chi connectivity index (χ0n) is 12.4. The van der Waals surface area contributed by atoms with E-state index in [9.17, 15) is 14.4 Å². The highest BCUT2D eigenvalue weighted by Gasteiger charge is 2.48. The van der Waals surface area contributed by atoms with Gasteiger partial charge >= 0.3 is 6.03 Å². The largest absolute Gasteiger partial charge is 0.493 e. The predicted molar refractivity (Wildman–Crippen MR) is 78.5 cm³/mol. The molecule has 0 aliphatic carbocycles. The molecule has 2 aliphatic heterocycles. The van der Waals surface area contributed by atoms with Crippen LogP contribution in [0.3, 0.4) is 0 Å². The molecule has 0 radical (unpaired) electrons. The van der Waals surface area contributed by atoms with Gasteiger partial charge in [-0.15, -0.1) is 0 Å². The first-order chi connectivity index (χ1) is 10.6. The SMILES string of the molecule is CC1(c2ccc3c(c2)CCO3)NC(=O)N(CCCC=O)C1=O. The molecule has 0 spiro atoms. The highest BCUT2D eigenvalue weighted by molar-refractivity contribution is 6.07. The second-order valence-electron chi connectivity index (χ2n) is 5.74. The fourth-order valence-corrected chi connectivity index (χ4v) is 2.93. The maximum Gasteiger partial charge on any atom is 0.325 e. The third-order valence-electron chi connectivity index (χ3n) is 4.25. The quantitative estimate of drug-likeness (QED) is 0.506. The lowest BCUT2D eigenvalue weighted by Gasteiger charge is -2.22. The Kier molecular flexibility index (Phi) is 3.60. The molecule has 1 fully saturated rings. The number of urea groups is 1. The van der Waals surface area contributed by atoms with Crippen LogP contribution in [-0.4, -0.2) is 36.3 Å². The number of rotatable bonds is 5. The minimum atomic E-state index is -1.06. The van der Waals surface area contributed by atoms with E-state index in [1.807, 2.05) is 18.2 Å². The van der Waals surface area contributed by atoms with Crippen LogP contribution in [0.5, 0.6) is 5.75 Å². The molecule has 3 rings (SSSR count). The van der Waals surface area contributed by atoms with Gasteiger partial charge in [-0.1, -0.05) is 6.07 Å². The molecule has 0 saturated carbocycles. The summed E-state index contributed by atoms with van der Waals surface area (Å²) in [6.45, 7) is 2.62. The summed E-state index contributed by atoms with van der Waals surface area (Å²) >= 11 is 0. The molecule has 0 aromatic heterocycles. The number of unbranched alkanes of at least 4 members (excludes halogenated alkanes) is 1. The van der Waals surface area contributed by atoms with Crippen molar-refractivity contribution < 1.29 is 19.1 Å². The summed E-state index contributed by atoms with van der Waals surface area (Å²) in [6.07, 6.45) is 2.42. The summed E-state index contributed by atoms with van der Waals surface area (Å²) in [5.74, 6) is 0.564. The van der Waals surface area contributed by atoms with Crippen molar-refractivity contribution in [3.8, 4) is 5.75 Å². The van der Waals surface area contributed by atoms with E-state index in [4.69, 9.17) is 4.74 Å². The van der Waals surface area contributed by atoms with Crippen LogP contribution >= 0.6 is 0 Å². The summed E-state index contributed by atoms with van der Waals surface area (Å²) in [6, 6.07) is 5.18. The number of fused-ring (bicyclic) bond motifs is 1. The smallest absolute Gasteiger partial charge is 0.325 e. The maximum absolute atomic E-state index is 12.7. The van der Waals surface area contributed by atoms with Crippen molar-refractivity contribution in [1.82, 2.24) is 10.2 Å². The molecule has 3 amide bonds. The van der Waals surface area contributed by atoms with E-state index >= 15 is 0 Å². The second kappa shape index (κ2) is 5.44. The molecule has 2 aliphatic rings. The molecule has 1 aromatic carbocycles. The van der Waals surface area contributed by atoms with Gasteiger partial charge in [0, 0.05) is 19.4 Å². The van der Waals surface area contributed by atoms with Gasteiger partial charge in [0.05, 0.1) is 6.61 Å². The first-order valence-corrected chi connectivity index (χ1v) is 7.40. The van der Waals surface area contributed by atoms with Crippen molar-refractivity contribution in [3.05, 3.63) is 29.3 Å². The van der Waals surface area contributed by atoms with E-state index in [-0.39, 0.29) is 12.5 Å². The van der Waals surface area contributed by atoms with Gasteiger partial charge in [0.25, 0.3) is 5.91 Å². The molecule has 1 aromatic rings. The van der Waals surface area contributed by atoms with Crippen LogP contribution in [0, 0.1) is 0 Å². The summed E-state index contributed by atoms with van der Waals surface area (Å²) in [5, 5.41) is 2.77. The monoisotopic (exact) mass is 302 g/mol. The molecule has 1 atom stereocenters. The number of hydrogen-bond acceptors (Lipinski definition) is 4. The topological polar surface area (TPSA) is 75.7 Å². The van der Waals surface area contributed by atoms with E-state index in [1.165, 1.54) is 4.90 Å². The van der Waals surface area contributed by atoms with Crippen LogP contribution in [0.25, 0.3) is 0 Å². The lowest BCUT2D eigenvalue weighted by atomic mass is 9.90. The number of aldehydes is 1. The maximum atomic E-state index is 12.7. The van der Waals surface area contributed by atoms with Crippen LogP contribution in [0.1, 0.15) is 30.9 Å². The third kappa shape index (κ3) is 2.24. The Balaban J connectivity index is 1.85. The van der Waals surface area contributed by atoms with Crippen LogP contribution in [0.15, 0.2) is 18.2 Å². The van der Waals surface area contributed by atoms with Crippen LogP contribution in [-0.2, 0) is 21.5 Å². The third-order valence-corrected chi connectivity index (χ3v) is 4.25. The molecule has 1 unspecified atom stereocenters. The first-order valence-electron chi connectivity index (χ1n) is 7.40. The Hall–Kier alpha value is -2.37. The number of benzene rings is 1. The normalized spacial score (nSPS) is 23.2. The molecule has 1 N–H and O–H groups in total. The summed E-state index contributed by atoms with van der Waals surface area (Å²) < 4.78 is 5.47. The van der Waals surface area contributed by atoms with Gasteiger partial charge in [-0.3, -0.25) is 9.69 Å². The molecule has 1 saturated heterocycles. The molecule has 6 nitrogen and oxygen atoms in total. The van der Waals surface area contributed by atoms with Gasteiger partial charge in [0.2, 0.25) is 0 Å². The summed E-state index contributed by atoms with van der Waals surface area (Å²) in [5.41, 5.74) is 0.753. The number of carbonyl (C=O) groups is 3. The molecular weight excluding hydrogens is 284 g/mol. The average Bonchev–Trinajstić information content (AvgIpc) is 3.05. The highest BCUT2D eigenvalue weighted by atomic mass is 16.5. The highest BCUT2D eigenvalue weighted by Crippen LogP contribution is 2.34. The van der Waals surface area contributed by atoms with Crippen LogP contribution < -0.4 is 10.1 Å². The van der Waals surface area contributed by atoms with E-state index in [1.54, 1.807) is 6.92 Å². The molecular formula is C16H18N2O4. The minimum Gasteiger partial charge on any atom is -0.493 e. The fourth-order valence-electron chi connectivity index (χ4n) is 2.93.